The van der Waals surface area contributed by atoms with Crippen molar-refractivity contribution in [2.75, 3.05) is 7.11 Å². The van der Waals surface area contributed by atoms with Crippen LogP contribution < -0.4 is 4.74 Å². The van der Waals surface area contributed by atoms with Crippen molar-refractivity contribution in [2.24, 2.45) is 0 Å². The van der Waals surface area contributed by atoms with Crippen LogP contribution in [0.5, 0.6) is 5.75 Å². The van der Waals surface area contributed by atoms with Gasteiger partial charge in [0.1, 0.15) is 5.75 Å². The number of nitrogens with zero attached hydrogens (tertiary/aromatic N) is 1. The summed E-state index contributed by atoms with van der Waals surface area (Å²) in [7, 11) is 1.63. The Hall–Kier alpha value is -1.87. The highest BCUT2D eigenvalue weighted by molar-refractivity contribution is 6.31. The Morgan fingerprint density at radius 3 is 2.62 bits per heavy atom. The van der Waals surface area contributed by atoms with E-state index in [0.717, 1.165) is 28.1 Å². The second-order valence-electron chi connectivity index (χ2n) is 5.11. The van der Waals surface area contributed by atoms with E-state index in [0.29, 0.717) is 10.6 Å². The molecule has 0 spiro atoms. The summed E-state index contributed by atoms with van der Waals surface area (Å²) >= 11 is 5.98. The Balaban J connectivity index is 2.34. The lowest BCUT2D eigenvalue weighted by Gasteiger charge is -2.12. The van der Waals surface area contributed by atoms with Crippen LogP contribution >= 0.6 is 11.6 Å². The molecule has 4 heteroatoms. The normalized spacial score (nSPS) is 10.5. The zero-order valence-corrected chi connectivity index (χ0v) is 13.4. The van der Waals surface area contributed by atoms with Crippen LogP contribution in [0.15, 0.2) is 24.4 Å². The van der Waals surface area contributed by atoms with Gasteiger partial charge in [-0.05, 0) is 38.5 Å². The third-order valence-corrected chi connectivity index (χ3v) is 3.81. The summed E-state index contributed by atoms with van der Waals surface area (Å²) in [5, 5.41) is 0.565. The zero-order valence-electron chi connectivity index (χ0n) is 12.7. The first kappa shape index (κ1) is 15.5. The molecular weight excluding hydrogens is 286 g/mol. The van der Waals surface area contributed by atoms with Gasteiger partial charge in [-0.3, -0.25) is 9.78 Å². The Morgan fingerprint density at radius 1 is 1.24 bits per heavy atom. The summed E-state index contributed by atoms with van der Waals surface area (Å²) in [5.41, 5.74) is 4.17. The molecule has 0 fully saturated rings. The highest BCUT2D eigenvalue weighted by Gasteiger charge is 2.15. The minimum atomic E-state index is 0.0107. The van der Waals surface area contributed by atoms with Gasteiger partial charge in [0.2, 0.25) is 0 Å². The van der Waals surface area contributed by atoms with Gasteiger partial charge in [-0.1, -0.05) is 17.7 Å². The van der Waals surface area contributed by atoms with Crippen molar-refractivity contribution in [2.45, 2.75) is 27.2 Å². The average Bonchev–Trinajstić information content (AvgIpc) is 2.45. The van der Waals surface area contributed by atoms with Crippen LogP contribution in [0.2, 0.25) is 5.02 Å². The zero-order chi connectivity index (χ0) is 15.6. The van der Waals surface area contributed by atoms with Crippen molar-refractivity contribution in [3.8, 4) is 5.75 Å². The first-order valence-electron chi connectivity index (χ1n) is 6.72. The summed E-state index contributed by atoms with van der Waals surface area (Å²) in [4.78, 5) is 16.9. The molecule has 0 amide bonds. The van der Waals surface area contributed by atoms with E-state index in [1.807, 2.05) is 26.8 Å². The van der Waals surface area contributed by atoms with Crippen LogP contribution in [0.25, 0.3) is 0 Å². The van der Waals surface area contributed by atoms with Crippen LogP contribution in [-0.2, 0) is 6.42 Å². The fraction of sp³-hybridized carbons (Fsp3) is 0.294. The van der Waals surface area contributed by atoms with E-state index in [-0.39, 0.29) is 12.2 Å². The summed E-state index contributed by atoms with van der Waals surface area (Å²) in [5.74, 6) is 0.798. The first-order valence-corrected chi connectivity index (χ1v) is 7.10. The van der Waals surface area contributed by atoms with Gasteiger partial charge in [0.05, 0.1) is 19.2 Å². The van der Waals surface area contributed by atoms with E-state index in [2.05, 4.69) is 4.98 Å². The molecule has 0 aliphatic carbocycles. The number of aryl methyl sites for hydroxylation is 2. The number of carbonyl (C=O) groups excluding carboxylic acids is 1. The number of hydrogen-bond donors (Lipinski definition) is 0. The summed E-state index contributed by atoms with van der Waals surface area (Å²) in [6.45, 7) is 5.76. The third-order valence-electron chi connectivity index (χ3n) is 3.58. The Bertz CT molecular complexity index is 695. The quantitative estimate of drug-likeness (QED) is 0.798. The van der Waals surface area contributed by atoms with Gasteiger partial charge in [-0.2, -0.15) is 0 Å². The van der Waals surface area contributed by atoms with Crippen LogP contribution in [0.3, 0.4) is 0 Å². The lowest BCUT2D eigenvalue weighted by Crippen LogP contribution is -2.09. The molecule has 0 atom stereocenters. The molecule has 0 aliphatic rings. The molecule has 0 aliphatic heterocycles. The van der Waals surface area contributed by atoms with E-state index >= 15 is 0 Å². The van der Waals surface area contributed by atoms with Gasteiger partial charge < -0.3 is 4.74 Å². The van der Waals surface area contributed by atoms with E-state index < -0.39 is 0 Å². The minimum absolute atomic E-state index is 0.0107. The number of rotatable bonds is 4. The largest absolute Gasteiger partial charge is 0.496 e. The fourth-order valence-electron chi connectivity index (χ4n) is 2.39. The number of Topliss-reactive ketones (excluding diaryl/α,β-unsaturated/α-hetero) is 1. The van der Waals surface area contributed by atoms with Crippen molar-refractivity contribution in [1.29, 1.82) is 0 Å². The number of ketones is 1. The third kappa shape index (κ3) is 3.24. The molecule has 1 aromatic carbocycles. The Morgan fingerprint density at radius 2 is 1.95 bits per heavy atom. The van der Waals surface area contributed by atoms with Crippen LogP contribution in [0.4, 0.5) is 0 Å². The number of halogens is 1. The van der Waals surface area contributed by atoms with E-state index in [9.17, 15) is 4.79 Å². The number of hydrogen-bond acceptors (Lipinski definition) is 3. The van der Waals surface area contributed by atoms with Crippen molar-refractivity contribution in [3.63, 3.8) is 0 Å². The fourth-order valence-corrected chi connectivity index (χ4v) is 2.56. The van der Waals surface area contributed by atoms with E-state index in [4.69, 9.17) is 16.3 Å². The molecule has 0 bridgehead atoms. The molecule has 3 nitrogen and oxygen atoms in total. The Labute approximate surface area is 129 Å². The van der Waals surface area contributed by atoms with Crippen molar-refractivity contribution in [1.82, 2.24) is 4.98 Å². The summed E-state index contributed by atoms with van der Waals surface area (Å²) in [6, 6.07) is 5.34. The molecule has 0 saturated heterocycles. The van der Waals surface area contributed by atoms with Crippen LogP contribution in [-0.4, -0.2) is 17.9 Å². The lowest BCUT2D eigenvalue weighted by atomic mass is 9.99. The van der Waals surface area contributed by atoms with Gasteiger partial charge in [0.25, 0.3) is 0 Å². The van der Waals surface area contributed by atoms with Crippen molar-refractivity contribution in [3.05, 3.63) is 57.4 Å². The summed E-state index contributed by atoms with van der Waals surface area (Å²) < 4.78 is 5.37. The molecule has 1 heterocycles. The van der Waals surface area contributed by atoms with Gasteiger partial charge in [-0.25, -0.2) is 0 Å². The number of ether oxygens (including phenoxy) is 1. The predicted molar refractivity (Wildman–Crippen MR) is 84.5 cm³/mol. The molecule has 110 valence electrons. The molecule has 0 N–H and O–H groups in total. The van der Waals surface area contributed by atoms with E-state index in [1.54, 1.807) is 25.4 Å². The number of pyridine rings is 1. The summed E-state index contributed by atoms with van der Waals surface area (Å²) in [6.07, 6.45) is 1.98. The molecule has 0 unspecified atom stereocenters. The smallest absolute Gasteiger partial charge is 0.169 e. The maximum absolute atomic E-state index is 12.5. The first-order chi connectivity index (χ1) is 9.93. The van der Waals surface area contributed by atoms with Gasteiger partial charge in [0.15, 0.2) is 5.78 Å². The van der Waals surface area contributed by atoms with Crippen LogP contribution in [0.1, 0.15) is 32.7 Å². The standard InChI is InChI=1S/C17H18ClNO2/c1-10-5-6-13(18)7-14(10)16(20)8-15-12(3)17(21-4)11(2)9-19-15/h5-7,9H,8H2,1-4H3. The second kappa shape index (κ2) is 6.27. The monoisotopic (exact) mass is 303 g/mol. The molecule has 21 heavy (non-hydrogen) atoms. The highest BCUT2D eigenvalue weighted by atomic mass is 35.5. The lowest BCUT2D eigenvalue weighted by molar-refractivity contribution is 0.0991. The number of aromatic nitrogens is 1. The van der Waals surface area contributed by atoms with Crippen molar-refractivity contribution >= 4 is 17.4 Å². The molecule has 2 aromatic rings. The maximum atomic E-state index is 12.5. The topological polar surface area (TPSA) is 39.2 Å². The SMILES string of the molecule is COc1c(C)cnc(CC(=O)c2cc(Cl)ccc2C)c1C. The molecule has 2 rings (SSSR count). The predicted octanol–water partition coefficient (Wildman–Crippen LogP) is 4.09. The van der Waals surface area contributed by atoms with Crippen LogP contribution in [0, 0.1) is 20.8 Å². The highest BCUT2D eigenvalue weighted by Crippen LogP contribution is 2.25. The average molecular weight is 304 g/mol. The van der Waals surface area contributed by atoms with E-state index in [1.165, 1.54) is 0 Å². The maximum Gasteiger partial charge on any atom is 0.169 e. The number of methoxy groups -OCH3 is 1. The number of benzene rings is 1. The minimum Gasteiger partial charge on any atom is -0.496 e. The second-order valence-corrected chi connectivity index (χ2v) is 5.54. The van der Waals surface area contributed by atoms with Gasteiger partial charge in [-0.15, -0.1) is 0 Å². The van der Waals surface area contributed by atoms with Crippen molar-refractivity contribution < 1.29 is 9.53 Å². The Kier molecular flexibility index (Phi) is 4.63. The van der Waals surface area contributed by atoms with Gasteiger partial charge >= 0.3 is 0 Å². The molecule has 0 radical (unpaired) electrons. The van der Waals surface area contributed by atoms with Gasteiger partial charge in [0, 0.05) is 27.9 Å². The number of carbonyl (C=O) groups is 1. The molecule has 0 saturated carbocycles. The molecular formula is C17H18ClNO2. The molecule has 1 aromatic heterocycles.